The Bertz CT molecular complexity index is 306. The van der Waals surface area contributed by atoms with Crippen LogP contribution in [0.5, 0.6) is 0 Å². The second kappa shape index (κ2) is 5.84. The molecule has 0 saturated carbocycles. The molecular weight excluding hydrogens is 269 g/mol. The van der Waals surface area contributed by atoms with Crippen molar-refractivity contribution in [1.29, 1.82) is 5.41 Å². The van der Waals surface area contributed by atoms with Crippen molar-refractivity contribution in [3.05, 3.63) is 10.1 Å². The Balaban J connectivity index is 2.66. The second-order valence-electron chi connectivity index (χ2n) is 3.92. The predicted octanol–water partition coefficient (Wildman–Crippen LogP) is 1.73. The van der Waals surface area contributed by atoms with E-state index in [9.17, 15) is 10.1 Å². The Morgan fingerprint density at radius 2 is 2.35 bits per heavy atom. The lowest BCUT2D eigenvalue weighted by molar-refractivity contribution is -0.498. The number of alkyl halides is 2. The smallest absolute Gasteiger partial charge is 0.381 e. The van der Waals surface area contributed by atoms with Crippen LogP contribution in [0.15, 0.2) is 0 Å². The van der Waals surface area contributed by atoms with Crippen LogP contribution in [-0.2, 0) is 4.74 Å². The molecule has 0 aromatic rings. The van der Waals surface area contributed by atoms with Crippen molar-refractivity contribution in [2.75, 3.05) is 26.3 Å². The number of hydrogen-bond donors (Lipinski definition) is 1. The summed E-state index contributed by atoms with van der Waals surface area (Å²) in [4.78, 5) is 11.3. The van der Waals surface area contributed by atoms with Crippen molar-refractivity contribution in [2.45, 2.75) is 17.8 Å². The van der Waals surface area contributed by atoms with E-state index in [1.54, 1.807) is 6.92 Å². The van der Waals surface area contributed by atoms with Crippen LogP contribution in [0.3, 0.4) is 0 Å². The topological polar surface area (TPSA) is 79.5 Å². The number of likely N-dealkylation sites (N-methyl/N-ethyl adjacent to an activating group) is 1. The van der Waals surface area contributed by atoms with Crippen LogP contribution in [-0.4, -0.2) is 46.4 Å². The minimum atomic E-state index is -2.38. The van der Waals surface area contributed by atoms with E-state index in [4.69, 9.17) is 33.3 Å². The maximum Gasteiger partial charge on any atom is 0.427 e. The number of hydrogen-bond acceptors (Lipinski definition) is 4. The number of amidine groups is 1. The SMILES string of the molecule is CCN(CC1CCOC1)C(=N)C(Cl)(Cl)[N+](=O)[O-]. The fourth-order valence-corrected chi connectivity index (χ4v) is 1.93. The number of rotatable bonds is 5. The van der Waals surface area contributed by atoms with E-state index in [1.165, 1.54) is 4.90 Å². The third-order valence-electron chi connectivity index (χ3n) is 2.71. The van der Waals surface area contributed by atoms with Crippen molar-refractivity contribution in [2.24, 2.45) is 5.92 Å². The molecule has 6 nitrogen and oxygen atoms in total. The van der Waals surface area contributed by atoms with E-state index >= 15 is 0 Å². The molecule has 1 aliphatic rings. The lowest BCUT2D eigenvalue weighted by atomic mass is 10.1. The Morgan fingerprint density at radius 3 is 2.76 bits per heavy atom. The fraction of sp³-hybridized carbons (Fsp3) is 0.889. The van der Waals surface area contributed by atoms with Gasteiger partial charge in [-0.1, -0.05) is 0 Å². The van der Waals surface area contributed by atoms with Gasteiger partial charge in [0.15, 0.2) is 0 Å². The largest absolute Gasteiger partial charge is 0.427 e. The van der Waals surface area contributed by atoms with Crippen LogP contribution in [0.2, 0.25) is 0 Å². The van der Waals surface area contributed by atoms with Crippen molar-refractivity contribution >= 4 is 29.0 Å². The summed E-state index contributed by atoms with van der Waals surface area (Å²) >= 11 is 11.1. The van der Waals surface area contributed by atoms with Crippen LogP contribution < -0.4 is 0 Å². The summed E-state index contributed by atoms with van der Waals surface area (Å²) in [5.74, 6) is -0.119. The van der Waals surface area contributed by atoms with E-state index in [-0.39, 0.29) is 11.8 Å². The second-order valence-corrected chi connectivity index (χ2v) is 5.20. The predicted molar refractivity (Wildman–Crippen MR) is 65.3 cm³/mol. The highest BCUT2D eigenvalue weighted by Crippen LogP contribution is 2.26. The van der Waals surface area contributed by atoms with Crippen LogP contribution in [0.1, 0.15) is 13.3 Å². The molecule has 0 aliphatic carbocycles. The molecule has 1 saturated heterocycles. The van der Waals surface area contributed by atoms with Gasteiger partial charge in [0.1, 0.15) is 0 Å². The van der Waals surface area contributed by atoms with Crippen molar-refractivity contribution < 1.29 is 9.66 Å². The quantitative estimate of drug-likeness (QED) is 0.208. The van der Waals surface area contributed by atoms with Gasteiger partial charge in [0.2, 0.25) is 5.84 Å². The molecule has 1 rings (SSSR count). The standard InChI is InChI=1S/C9H15Cl2N3O3/c1-2-13(5-7-3-4-17-6-7)8(12)9(10,11)14(15)16/h7,12H,2-6H2,1H3. The molecule has 1 heterocycles. The number of halogens is 2. The summed E-state index contributed by atoms with van der Waals surface area (Å²) in [6, 6.07) is 0. The van der Waals surface area contributed by atoms with Gasteiger partial charge in [0.05, 0.1) is 11.5 Å². The number of ether oxygens (including phenoxy) is 1. The molecule has 98 valence electrons. The number of nitrogens with one attached hydrogen (secondary N) is 1. The monoisotopic (exact) mass is 283 g/mol. The first-order chi connectivity index (χ1) is 7.89. The molecule has 0 spiro atoms. The van der Waals surface area contributed by atoms with Gasteiger partial charge in [-0.25, -0.2) is 0 Å². The van der Waals surface area contributed by atoms with Crippen molar-refractivity contribution in [3.63, 3.8) is 0 Å². The average Bonchev–Trinajstić information content (AvgIpc) is 2.77. The van der Waals surface area contributed by atoms with E-state index < -0.39 is 9.38 Å². The first kappa shape index (κ1) is 14.5. The van der Waals surface area contributed by atoms with Gasteiger partial charge < -0.3 is 9.64 Å². The zero-order chi connectivity index (χ0) is 13.1. The lowest BCUT2D eigenvalue weighted by Crippen LogP contribution is -2.47. The Kier molecular flexibility index (Phi) is 4.97. The zero-order valence-electron chi connectivity index (χ0n) is 9.49. The number of nitro groups is 1. The summed E-state index contributed by atoms with van der Waals surface area (Å²) in [6.45, 7) is 4.06. The third kappa shape index (κ3) is 3.43. The van der Waals surface area contributed by atoms with E-state index in [0.29, 0.717) is 26.3 Å². The molecule has 0 amide bonds. The van der Waals surface area contributed by atoms with Crippen LogP contribution in [0, 0.1) is 21.4 Å². The summed E-state index contributed by atoms with van der Waals surface area (Å²) in [7, 11) is 0. The minimum absolute atomic E-state index is 0.270. The van der Waals surface area contributed by atoms with E-state index in [2.05, 4.69) is 0 Å². The molecule has 0 radical (unpaired) electrons. The van der Waals surface area contributed by atoms with Gasteiger partial charge in [-0.2, -0.15) is 0 Å². The van der Waals surface area contributed by atoms with Gasteiger partial charge >= 0.3 is 4.46 Å². The molecule has 1 atom stereocenters. The maximum atomic E-state index is 10.7. The molecule has 0 aromatic heterocycles. The van der Waals surface area contributed by atoms with Crippen molar-refractivity contribution in [1.82, 2.24) is 4.90 Å². The van der Waals surface area contributed by atoms with Crippen LogP contribution >= 0.6 is 23.2 Å². The summed E-state index contributed by atoms with van der Waals surface area (Å²) in [5.41, 5.74) is 0. The van der Waals surface area contributed by atoms with Crippen LogP contribution in [0.4, 0.5) is 0 Å². The Hall–Kier alpha value is -0.590. The summed E-state index contributed by atoms with van der Waals surface area (Å²) < 4.78 is 2.84. The molecule has 0 aromatic carbocycles. The molecule has 1 aliphatic heterocycles. The first-order valence-electron chi connectivity index (χ1n) is 5.33. The lowest BCUT2D eigenvalue weighted by Gasteiger charge is -2.27. The highest BCUT2D eigenvalue weighted by atomic mass is 35.5. The van der Waals surface area contributed by atoms with Gasteiger partial charge in [-0.15, -0.1) is 0 Å². The van der Waals surface area contributed by atoms with Gasteiger partial charge in [0, 0.05) is 25.6 Å². The summed E-state index contributed by atoms with van der Waals surface area (Å²) in [5, 5.41) is 18.4. The maximum absolute atomic E-state index is 10.7. The molecule has 1 N–H and O–H groups in total. The molecule has 1 fully saturated rings. The van der Waals surface area contributed by atoms with Crippen molar-refractivity contribution in [3.8, 4) is 0 Å². The number of nitrogens with zero attached hydrogens (tertiary/aromatic N) is 2. The third-order valence-corrected chi connectivity index (χ3v) is 3.35. The molecular formula is C9H15Cl2N3O3. The van der Waals surface area contributed by atoms with E-state index in [0.717, 1.165) is 6.42 Å². The van der Waals surface area contributed by atoms with Gasteiger partial charge in [-0.3, -0.25) is 15.5 Å². The molecule has 0 bridgehead atoms. The Labute approximate surface area is 109 Å². The highest BCUT2D eigenvalue weighted by Gasteiger charge is 2.46. The Morgan fingerprint density at radius 1 is 1.71 bits per heavy atom. The fourth-order valence-electron chi connectivity index (χ4n) is 1.69. The van der Waals surface area contributed by atoms with Gasteiger partial charge in [-0.05, 0) is 36.5 Å². The van der Waals surface area contributed by atoms with Gasteiger partial charge in [0.25, 0.3) is 0 Å². The zero-order valence-corrected chi connectivity index (χ0v) is 11.0. The van der Waals surface area contributed by atoms with E-state index in [1.807, 2.05) is 0 Å². The average molecular weight is 284 g/mol. The normalized spacial score (nSPS) is 20.3. The summed E-state index contributed by atoms with van der Waals surface area (Å²) in [6.07, 6.45) is 0.889. The van der Waals surface area contributed by atoms with Crippen LogP contribution in [0.25, 0.3) is 0 Å². The minimum Gasteiger partial charge on any atom is -0.381 e. The molecule has 8 heteroatoms. The molecule has 1 unspecified atom stereocenters. The molecule has 17 heavy (non-hydrogen) atoms. The highest BCUT2D eigenvalue weighted by molar-refractivity contribution is 6.56. The first-order valence-corrected chi connectivity index (χ1v) is 6.09.